The molecule has 0 aliphatic carbocycles. The summed E-state index contributed by atoms with van der Waals surface area (Å²) < 4.78 is 0. The van der Waals surface area contributed by atoms with E-state index in [1.807, 2.05) is 12.1 Å². The van der Waals surface area contributed by atoms with Crippen LogP contribution in [0.25, 0.3) is 6.08 Å². The van der Waals surface area contributed by atoms with Crippen LogP contribution in [-0.2, 0) is 4.79 Å². The predicted molar refractivity (Wildman–Crippen MR) is 56.2 cm³/mol. The van der Waals surface area contributed by atoms with Crippen molar-refractivity contribution in [3.63, 3.8) is 0 Å². The van der Waals surface area contributed by atoms with Crippen LogP contribution in [0.15, 0.2) is 24.3 Å². The minimum absolute atomic E-state index is 0.417. The van der Waals surface area contributed by atoms with Crippen molar-refractivity contribution in [2.45, 2.75) is 6.42 Å². The summed E-state index contributed by atoms with van der Waals surface area (Å²) >= 11 is 11.5. The van der Waals surface area contributed by atoms with Gasteiger partial charge in [-0.1, -0.05) is 41.4 Å². The van der Waals surface area contributed by atoms with E-state index in [1.54, 1.807) is 18.2 Å². The Morgan fingerprint density at radius 3 is 2.62 bits per heavy atom. The van der Waals surface area contributed by atoms with Gasteiger partial charge in [-0.3, -0.25) is 0 Å². The second kappa shape index (κ2) is 5.05. The van der Waals surface area contributed by atoms with Crippen molar-refractivity contribution < 1.29 is 4.79 Å². The van der Waals surface area contributed by atoms with Crippen molar-refractivity contribution in [3.05, 3.63) is 39.9 Å². The van der Waals surface area contributed by atoms with Gasteiger partial charge in [0.15, 0.2) is 0 Å². The minimum atomic E-state index is 0.417. The number of rotatable bonds is 3. The summed E-state index contributed by atoms with van der Waals surface area (Å²) in [4.78, 5) is 10.0. The fraction of sp³-hybridized carbons (Fsp3) is 0.100. The van der Waals surface area contributed by atoms with Gasteiger partial charge in [0.25, 0.3) is 0 Å². The number of carbonyl (C=O) groups excluding carboxylic acids is 1. The highest BCUT2D eigenvalue weighted by Crippen LogP contribution is 2.23. The SMILES string of the molecule is O=CCC=Cc1ccc(Cl)c(Cl)c1. The van der Waals surface area contributed by atoms with Gasteiger partial charge in [0.2, 0.25) is 0 Å². The molecule has 0 radical (unpaired) electrons. The lowest BCUT2D eigenvalue weighted by Gasteiger charge is -1.96. The van der Waals surface area contributed by atoms with Crippen LogP contribution in [0.3, 0.4) is 0 Å². The third kappa shape index (κ3) is 3.21. The molecule has 13 heavy (non-hydrogen) atoms. The maximum atomic E-state index is 10.0. The normalized spacial score (nSPS) is 10.6. The summed E-state index contributed by atoms with van der Waals surface area (Å²) in [5, 5.41) is 1.06. The van der Waals surface area contributed by atoms with E-state index in [-0.39, 0.29) is 0 Å². The van der Waals surface area contributed by atoms with Crippen LogP contribution < -0.4 is 0 Å². The average molecular weight is 215 g/mol. The smallest absolute Gasteiger partial charge is 0.123 e. The molecule has 0 bridgehead atoms. The van der Waals surface area contributed by atoms with Gasteiger partial charge < -0.3 is 4.79 Å². The molecule has 0 fully saturated rings. The van der Waals surface area contributed by atoms with Crippen molar-refractivity contribution in [2.24, 2.45) is 0 Å². The molecule has 0 atom stereocenters. The number of allylic oxidation sites excluding steroid dienone is 1. The van der Waals surface area contributed by atoms with Gasteiger partial charge in [-0.2, -0.15) is 0 Å². The molecule has 1 aromatic rings. The Kier molecular flexibility index (Phi) is 4.00. The molecule has 0 spiro atoms. The fourth-order valence-electron chi connectivity index (χ4n) is 0.876. The third-order valence-electron chi connectivity index (χ3n) is 1.49. The molecule has 1 aromatic carbocycles. The Morgan fingerprint density at radius 2 is 2.00 bits per heavy atom. The lowest BCUT2D eigenvalue weighted by molar-refractivity contribution is -0.107. The predicted octanol–water partition coefficient (Wildman–Crippen LogP) is 3.60. The molecule has 0 unspecified atom stereocenters. The van der Waals surface area contributed by atoms with Crippen LogP contribution >= 0.6 is 23.2 Å². The van der Waals surface area contributed by atoms with E-state index in [4.69, 9.17) is 23.2 Å². The maximum absolute atomic E-state index is 10.0. The molecule has 1 rings (SSSR count). The van der Waals surface area contributed by atoms with Crippen molar-refractivity contribution >= 4 is 35.6 Å². The first kappa shape index (κ1) is 10.3. The highest BCUT2D eigenvalue weighted by atomic mass is 35.5. The zero-order chi connectivity index (χ0) is 9.68. The van der Waals surface area contributed by atoms with Crippen LogP contribution in [0.4, 0.5) is 0 Å². The van der Waals surface area contributed by atoms with E-state index in [1.165, 1.54) is 0 Å². The van der Waals surface area contributed by atoms with E-state index in [2.05, 4.69) is 0 Å². The van der Waals surface area contributed by atoms with Crippen LogP contribution in [-0.4, -0.2) is 6.29 Å². The van der Waals surface area contributed by atoms with Crippen LogP contribution in [0.2, 0.25) is 10.0 Å². The Bertz CT molecular complexity index is 332. The highest BCUT2D eigenvalue weighted by Gasteiger charge is 1.95. The zero-order valence-corrected chi connectivity index (χ0v) is 8.35. The van der Waals surface area contributed by atoms with E-state index >= 15 is 0 Å². The number of hydrogen-bond acceptors (Lipinski definition) is 1. The van der Waals surface area contributed by atoms with Crippen molar-refractivity contribution in [1.82, 2.24) is 0 Å². The standard InChI is InChI=1S/C10H8Cl2O/c11-9-5-4-8(7-10(9)12)3-1-2-6-13/h1,3-7H,2H2. The van der Waals surface area contributed by atoms with E-state index in [9.17, 15) is 4.79 Å². The highest BCUT2D eigenvalue weighted by molar-refractivity contribution is 6.42. The van der Waals surface area contributed by atoms with Gasteiger partial charge in [0.1, 0.15) is 6.29 Å². The van der Waals surface area contributed by atoms with Crippen molar-refractivity contribution in [3.8, 4) is 0 Å². The molecule has 0 aromatic heterocycles. The van der Waals surface area contributed by atoms with Gasteiger partial charge >= 0.3 is 0 Å². The quantitative estimate of drug-likeness (QED) is 0.704. The Hall–Kier alpha value is -0.790. The molecule has 0 aliphatic rings. The monoisotopic (exact) mass is 214 g/mol. The third-order valence-corrected chi connectivity index (χ3v) is 2.23. The molecular formula is C10H8Cl2O. The molecule has 0 amide bonds. The number of hydrogen-bond donors (Lipinski definition) is 0. The van der Waals surface area contributed by atoms with Crippen molar-refractivity contribution in [2.75, 3.05) is 0 Å². The second-order valence-electron chi connectivity index (χ2n) is 2.48. The van der Waals surface area contributed by atoms with Crippen molar-refractivity contribution in [1.29, 1.82) is 0 Å². The Labute approximate surface area is 87.0 Å². The summed E-state index contributed by atoms with van der Waals surface area (Å²) in [6, 6.07) is 5.32. The Morgan fingerprint density at radius 1 is 1.23 bits per heavy atom. The minimum Gasteiger partial charge on any atom is -0.303 e. The van der Waals surface area contributed by atoms with Gasteiger partial charge in [-0.25, -0.2) is 0 Å². The average Bonchev–Trinajstić information content (AvgIpc) is 2.12. The summed E-state index contributed by atoms with van der Waals surface area (Å²) in [7, 11) is 0. The molecule has 3 heteroatoms. The summed E-state index contributed by atoms with van der Waals surface area (Å²) in [6.07, 6.45) is 4.86. The molecular weight excluding hydrogens is 207 g/mol. The number of carbonyl (C=O) groups is 1. The molecule has 1 nitrogen and oxygen atoms in total. The topological polar surface area (TPSA) is 17.1 Å². The maximum Gasteiger partial charge on any atom is 0.123 e. The molecule has 0 saturated heterocycles. The first-order valence-electron chi connectivity index (χ1n) is 3.79. The summed E-state index contributed by atoms with van der Waals surface area (Å²) in [5.41, 5.74) is 0.941. The van der Waals surface area contributed by atoms with E-state index in [0.717, 1.165) is 11.8 Å². The van der Waals surface area contributed by atoms with Gasteiger partial charge in [-0.05, 0) is 17.7 Å². The number of benzene rings is 1. The number of aldehydes is 1. The molecule has 0 aliphatic heterocycles. The number of halogens is 2. The zero-order valence-electron chi connectivity index (χ0n) is 6.84. The fourth-order valence-corrected chi connectivity index (χ4v) is 1.18. The van der Waals surface area contributed by atoms with Crippen LogP contribution in [0.5, 0.6) is 0 Å². The largest absolute Gasteiger partial charge is 0.303 e. The molecule has 0 heterocycles. The summed E-state index contributed by atoms with van der Waals surface area (Å²) in [6.45, 7) is 0. The van der Waals surface area contributed by atoms with Crippen LogP contribution in [0, 0.1) is 0 Å². The Balaban J connectivity index is 2.79. The molecule has 0 N–H and O–H groups in total. The second-order valence-corrected chi connectivity index (χ2v) is 3.29. The van der Waals surface area contributed by atoms with Gasteiger partial charge in [-0.15, -0.1) is 0 Å². The first-order valence-corrected chi connectivity index (χ1v) is 4.55. The summed E-state index contributed by atoms with van der Waals surface area (Å²) in [5.74, 6) is 0. The van der Waals surface area contributed by atoms with E-state index < -0.39 is 0 Å². The van der Waals surface area contributed by atoms with Gasteiger partial charge in [0.05, 0.1) is 10.0 Å². The van der Waals surface area contributed by atoms with E-state index in [0.29, 0.717) is 16.5 Å². The lowest BCUT2D eigenvalue weighted by Crippen LogP contribution is -1.74. The van der Waals surface area contributed by atoms with Crippen LogP contribution in [0.1, 0.15) is 12.0 Å². The molecule has 68 valence electrons. The lowest BCUT2D eigenvalue weighted by atomic mass is 10.2. The first-order chi connectivity index (χ1) is 6.24. The van der Waals surface area contributed by atoms with Gasteiger partial charge in [0, 0.05) is 6.42 Å². The molecule has 0 saturated carbocycles.